The van der Waals surface area contributed by atoms with Crippen LogP contribution in [-0.4, -0.2) is 28.6 Å². The van der Waals surface area contributed by atoms with Gasteiger partial charge in [-0.1, -0.05) is 18.2 Å². The van der Waals surface area contributed by atoms with E-state index >= 15 is 0 Å². The van der Waals surface area contributed by atoms with Crippen LogP contribution in [0.2, 0.25) is 0 Å². The molecule has 0 amide bonds. The van der Waals surface area contributed by atoms with Crippen LogP contribution in [0.4, 0.5) is 0 Å². The predicted molar refractivity (Wildman–Crippen MR) is 89.0 cm³/mol. The summed E-state index contributed by atoms with van der Waals surface area (Å²) < 4.78 is 5.77. The lowest BCUT2D eigenvalue weighted by Gasteiger charge is -2.45. The van der Waals surface area contributed by atoms with Crippen LogP contribution >= 0.6 is 0 Å². The summed E-state index contributed by atoms with van der Waals surface area (Å²) in [6.45, 7) is 7.87. The molecule has 4 rings (SSSR count). The van der Waals surface area contributed by atoms with Gasteiger partial charge in [0.25, 0.3) is 0 Å². The second kappa shape index (κ2) is 4.81. The molecule has 1 heterocycles. The normalized spacial score (nSPS) is 50.1. The summed E-state index contributed by atoms with van der Waals surface area (Å²) in [5.41, 5.74) is -0.964. The number of fused-ring (bicyclic) bond motifs is 3. The molecule has 4 aliphatic rings. The number of rotatable bonds is 2. The van der Waals surface area contributed by atoms with Crippen molar-refractivity contribution >= 4 is 11.8 Å². The molecule has 1 saturated heterocycles. The van der Waals surface area contributed by atoms with Crippen molar-refractivity contribution in [2.75, 3.05) is 0 Å². The van der Waals surface area contributed by atoms with Crippen LogP contribution in [0, 0.1) is 22.7 Å². The molecule has 0 aromatic rings. The van der Waals surface area contributed by atoms with Gasteiger partial charge in [-0.15, -0.1) is 0 Å². The SMILES string of the molecule is C=C1C[C@@]2(C[C@H]3OC(=O)[C@]4(C)CCC[C@@](C)(O)[C@H]34)C[C@H]1C=CC2=O. The fourth-order valence-corrected chi connectivity index (χ4v) is 5.97. The number of ketones is 1. The summed E-state index contributed by atoms with van der Waals surface area (Å²) in [7, 11) is 0. The highest BCUT2D eigenvalue weighted by molar-refractivity contribution is 5.97. The molecule has 4 heteroatoms. The average Bonchev–Trinajstić information content (AvgIpc) is 2.89. The van der Waals surface area contributed by atoms with E-state index in [4.69, 9.17) is 4.74 Å². The Labute approximate surface area is 143 Å². The number of ether oxygens (including phenoxy) is 1. The maximum Gasteiger partial charge on any atom is 0.312 e. The molecule has 0 radical (unpaired) electrons. The van der Waals surface area contributed by atoms with E-state index in [9.17, 15) is 14.7 Å². The van der Waals surface area contributed by atoms with Crippen LogP contribution < -0.4 is 0 Å². The molecule has 6 atom stereocenters. The number of carbonyl (C=O) groups is 2. The Morgan fingerprint density at radius 3 is 2.83 bits per heavy atom. The topological polar surface area (TPSA) is 63.6 Å². The molecule has 130 valence electrons. The van der Waals surface area contributed by atoms with E-state index < -0.39 is 16.4 Å². The Morgan fingerprint density at radius 1 is 1.33 bits per heavy atom. The summed E-state index contributed by atoms with van der Waals surface area (Å²) in [6.07, 6.45) is 7.44. The Balaban J connectivity index is 1.67. The van der Waals surface area contributed by atoms with E-state index in [1.54, 1.807) is 6.08 Å². The molecule has 0 aromatic heterocycles. The zero-order chi connectivity index (χ0) is 17.3. The third-order valence-electron chi connectivity index (χ3n) is 7.13. The second-order valence-corrected chi connectivity index (χ2v) is 8.90. The van der Waals surface area contributed by atoms with Crippen molar-refractivity contribution < 1.29 is 19.4 Å². The zero-order valence-corrected chi connectivity index (χ0v) is 14.5. The number of esters is 1. The van der Waals surface area contributed by atoms with Crippen LogP contribution in [0.1, 0.15) is 52.4 Å². The van der Waals surface area contributed by atoms with Crippen LogP contribution in [0.15, 0.2) is 24.3 Å². The smallest absolute Gasteiger partial charge is 0.312 e. The van der Waals surface area contributed by atoms with E-state index in [2.05, 4.69) is 6.58 Å². The maximum absolute atomic E-state index is 12.7. The highest BCUT2D eigenvalue weighted by atomic mass is 16.6. The molecule has 3 fully saturated rings. The molecule has 0 aromatic carbocycles. The lowest BCUT2D eigenvalue weighted by Crippen LogP contribution is -2.52. The summed E-state index contributed by atoms with van der Waals surface area (Å²) in [5.74, 6) is -0.0664. The number of hydrogen-bond donors (Lipinski definition) is 1. The lowest BCUT2D eigenvalue weighted by atomic mass is 9.58. The highest BCUT2D eigenvalue weighted by Crippen LogP contribution is 2.58. The van der Waals surface area contributed by atoms with Gasteiger partial charge in [-0.2, -0.15) is 0 Å². The van der Waals surface area contributed by atoms with E-state index in [0.29, 0.717) is 19.3 Å². The first-order valence-electron chi connectivity index (χ1n) is 9.02. The van der Waals surface area contributed by atoms with Gasteiger partial charge in [0.1, 0.15) is 6.10 Å². The van der Waals surface area contributed by atoms with Crippen molar-refractivity contribution in [3.05, 3.63) is 24.3 Å². The molecule has 2 bridgehead atoms. The van der Waals surface area contributed by atoms with Crippen LogP contribution in [0.25, 0.3) is 0 Å². The highest BCUT2D eigenvalue weighted by Gasteiger charge is 2.64. The van der Waals surface area contributed by atoms with Crippen LogP contribution in [0.3, 0.4) is 0 Å². The number of cyclic esters (lactones) is 1. The maximum atomic E-state index is 12.7. The minimum absolute atomic E-state index is 0.123. The third kappa shape index (κ3) is 2.01. The van der Waals surface area contributed by atoms with Crippen molar-refractivity contribution in [2.45, 2.75) is 64.1 Å². The largest absolute Gasteiger partial charge is 0.461 e. The summed E-state index contributed by atoms with van der Waals surface area (Å²) in [4.78, 5) is 25.2. The van der Waals surface area contributed by atoms with Crippen molar-refractivity contribution in [3.63, 3.8) is 0 Å². The van der Waals surface area contributed by atoms with Gasteiger partial charge >= 0.3 is 5.97 Å². The van der Waals surface area contributed by atoms with Gasteiger partial charge in [-0.05, 0) is 64.4 Å². The van der Waals surface area contributed by atoms with E-state index in [1.165, 1.54) is 0 Å². The van der Waals surface area contributed by atoms with Gasteiger partial charge < -0.3 is 9.84 Å². The first-order valence-corrected chi connectivity index (χ1v) is 9.02. The minimum Gasteiger partial charge on any atom is -0.461 e. The van der Waals surface area contributed by atoms with Gasteiger partial charge in [-0.25, -0.2) is 0 Å². The van der Waals surface area contributed by atoms with Crippen LogP contribution in [0.5, 0.6) is 0 Å². The molecule has 0 unspecified atom stereocenters. The Hall–Kier alpha value is -1.42. The molecule has 4 nitrogen and oxygen atoms in total. The lowest BCUT2D eigenvalue weighted by molar-refractivity contribution is -0.150. The first kappa shape index (κ1) is 16.1. The van der Waals surface area contributed by atoms with Crippen molar-refractivity contribution in [2.24, 2.45) is 22.7 Å². The zero-order valence-electron chi connectivity index (χ0n) is 14.5. The van der Waals surface area contributed by atoms with Crippen molar-refractivity contribution in [1.29, 1.82) is 0 Å². The minimum atomic E-state index is -0.928. The van der Waals surface area contributed by atoms with Crippen molar-refractivity contribution in [3.8, 4) is 0 Å². The van der Waals surface area contributed by atoms with E-state index in [1.807, 2.05) is 19.9 Å². The fourth-order valence-electron chi connectivity index (χ4n) is 5.97. The molecule has 1 aliphatic heterocycles. The third-order valence-corrected chi connectivity index (χ3v) is 7.13. The molecule has 1 N–H and O–H groups in total. The Kier molecular flexibility index (Phi) is 3.22. The standard InChI is InChI=1S/C20H26O4/c1-12-9-20(10-13(12)5-6-15(20)21)11-14-16-18(2,17(22)24-14)7-4-8-19(16,3)23/h5-6,13-14,16,23H,1,4,7-11H2,2-3H3/t13-,14-,16-,18-,19-,20+/m1/s1. The number of allylic oxidation sites excluding steroid dienone is 3. The molecule has 2 saturated carbocycles. The first-order chi connectivity index (χ1) is 11.2. The monoisotopic (exact) mass is 330 g/mol. The molecular weight excluding hydrogens is 304 g/mol. The van der Waals surface area contributed by atoms with Gasteiger partial charge in [0, 0.05) is 11.3 Å². The van der Waals surface area contributed by atoms with E-state index in [0.717, 1.165) is 24.8 Å². The fraction of sp³-hybridized carbons (Fsp3) is 0.700. The second-order valence-electron chi connectivity index (χ2n) is 8.90. The molecule has 24 heavy (non-hydrogen) atoms. The average molecular weight is 330 g/mol. The predicted octanol–water partition coefficient (Wildman–Crippen LogP) is 2.95. The van der Waals surface area contributed by atoms with Gasteiger partial charge in [0.2, 0.25) is 0 Å². The summed E-state index contributed by atoms with van der Waals surface area (Å²) in [6, 6.07) is 0. The van der Waals surface area contributed by atoms with Crippen LogP contribution in [-0.2, 0) is 14.3 Å². The van der Waals surface area contributed by atoms with Gasteiger partial charge in [-0.3, -0.25) is 9.59 Å². The van der Waals surface area contributed by atoms with E-state index in [-0.39, 0.29) is 29.7 Å². The molecule has 3 aliphatic carbocycles. The summed E-state index contributed by atoms with van der Waals surface area (Å²) >= 11 is 0. The summed E-state index contributed by atoms with van der Waals surface area (Å²) in [5, 5.41) is 11.0. The number of aliphatic hydroxyl groups is 1. The number of hydrogen-bond acceptors (Lipinski definition) is 4. The Bertz CT molecular complexity index is 661. The molecular formula is C20H26O4. The van der Waals surface area contributed by atoms with Crippen molar-refractivity contribution in [1.82, 2.24) is 0 Å². The van der Waals surface area contributed by atoms with Gasteiger partial charge in [0.15, 0.2) is 5.78 Å². The Morgan fingerprint density at radius 2 is 2.08 bits per heavy atom. The number of carbonyl (C=O) groups excluding carboxylic acids is 2. The van der Waals surface area contributed by atoms with Gasteiger partial charge in [0.05, 0.1) is 11.0 Å². The quantitative estimate of drug-likeness (QED) is 0.624. The molecule has 0 spiro atoms.